The molecule has 2 aromatic rings. The molecule has 0 unspecified atom stereocenters. The second kappa shape index (κ2) is 7.91. The van der Waals surface area contributed by atoms with Gasteiger partial charge < -0.3 is 14.9 Å². The van der Waals surface area contributed by atoms with E-state index in [0.29, 0.717) is 11.1 Å². The lowest BCUT2D eigenvalue weighted by atomic mass is 10.1. The molecule has 0 fully saturated rings. The first-order valence-corrected chi connectivity index (χ1v) is 6.96. The van der Waals surface area contributed by atoms with Gasteiger partial charge in [-0.3, -0.25) is 4.79 Å². The highest BCUT2D eigenvalue weighted by Gasteiger charge is 2.15. The van der Waals surface area contributed by atoms with Gasteiger partial charge in [0.05, 0.1) is 6.61 Å². The first kappa shape index (κ1) is 16.5. The summed E-state index contributed by atoms with van der Waals surface area (Å²) in [6, 6.07) is 15.4. The number of aliphatic carboxylic acids is 1. The number of hydrogen-bond acceptors (Lipinski definition) is 4. The predicted molar refractivity (Wildman–Crippen MR) is 84.7 cm³/mol. The molecule has 2 rings (SSSR count). The first-order chi connectivity index (χ1) is 11.1. The Kier molecular flexibility index (Phi) is 5.66. The van der Waals surface area contributed by atoms with E-state index in [1.54, 1.807) is 54.6 Å². The number of carbonyl (C=O) groups is 2. The Morgan fingerprint density at radius 1 is 1.00 bits per heavy atom. The van der Waals surface area contributed by atoms with Gasteiger partial charge in [0.25, 0.3) is 0 Å². The van der Waals surface area contributed by atoms with Gasteiger partial charge in [-0.1, -0.05) is 54.6 Å². The van der Waals surface area contributed by atoms with E-state index in [1.165, 1.54) is 6.08 Å². The lowest BCUT2D eigenvalue weighted by molar-refractivity contribution is -0.140. The zero-order chi connectivity index (χ0) is 16.7. The lowest BCUT2D eigenvalue weighted by Crippen LogP contribution is -2.12. The van der Waals surface area contributed by atoms with Crippen molar-refractivity contribution >= 4 is 17.8 Å². The number of aliphatic hydroxyl groups excluding tert-OH is 1. The summed E-state index contributed by atoms with van der Waals surface area (Å²) >= 11 is 0. The van der Waals surface area contributed by atoms with E-state index in [-0.39, 0.29) is 12.4 Å². The summed E-state index contributed by atoms with van der Waals surface area (Å²) in [7, 11) is 0. The van der Waals surface area contributed by atoms with Gasteiger partial charge in [0.1, 0.15) is 0 Å². The van der Waals surface area contributed by atoms with Crippen molar-refractivity contribution in [2.45, 2.75) is 6.61 Å². The van der Waals surface area contributed by atoms with Crippen molar-refractivity contribution in [3.05, 3.63) is 77.0 Å². The molecule has 0 aromatic heterocycles. The molecule has 0 aliphatic carbocycles. The highest BCUT2D eigenvalue weighted by Crippen LogP contribution is 2.15. The summed E-state index contributed by atoms with van der Waals surface area (Å²) in [4.78, 5) is 23.2. The fourth-order valence-electron chi connectivity index (χ4n) is 1.91. The van der Waals surface area contributed by atoms with E-state index in [9.17, 15) is 9.59 Å². The molecule has 0 aliphatic rings. The Morgan fingerprint density at radius 2 is 1.65 bits per heavy atom. The van der Waals surface area contributed by atoms with Gasteiger partial charge in [-0.15, -0.1) is 0 Å². The number of rotatable bonds is 7. The van der Waals surface area contributed by atoms with Crippen LogP contribution < -0.4 is 0 Å². The minimum Gasteiger partial charge on any atom is -0.479 e. The van der Waals surface area contributed by atoms with Crippen molar-refractivity contribution in [3.63, 3.8) is 0 Å². The Bertz CT molecular complexity index is 702. The summed E-state index contributed by atoms with van der Waals surface area (Å²) in [5.74, 6) is -1.60. The molecule has 2 aromatic carbocycles. The summed E-state index contributed by atoms with van der Waals surface area (Å²) in [6.07, 6.45) is 1.49. The van der Waals surface area contributed by atoms with Gasteiger partial charge in [0.15, 0.2) is 12.4 Å². The minimum atomic E-state index is -1.16. The summed E-state index contributed by atoms with van der Waals surface area (Å²) < 4.78 is 5.14. The molecule has 5 heteroatoms. The van der Waals surface area contributed by atoms with Crippen molar-refractivity contribution in [1.29, 1.82) is 0 Å². The van der Waals surface area contributed by atoms with Crippen LogP contribution in [-0.4, -0.2) is 28.6 Å². The third kappa shape index (κ3) is 4.79. The van der Waals surface area contributed by atoms with Crippen molar-refractivity contribution in [2.75, 3.05) is 6.61 Å². The maximum Gasteiger partial charge on any atom is 0.341 e. The molecule has 0 bridgehead atoms. The van der Waals surface area contributed by atoms with Crippen LogP contribution >= 0.6 is 0 Å². The monoisotopic (exact) mass is 312 g/mol. The molecule has 118 valence electrons. The number of benzene rings is 2. The van der Waals surface area contributed by atoms with E-state index in [4.69, 9.17) is 14.9 Å². The van der Waals surface area contributed by atoms with Gasteiger partial charge in [-0.2, -0.15) is 0 Å². The Hall–Kier alpha value is -2.92. The minimum absolute atomic E-state index is 0.0460. The predicted octanol–water partition coefficient (Wildman–Crippen LogP) is 2.50. The average molecular weight is 312 g/mol. The fraction of sp³-hybridized carbons (Fsp3) is 0.111. The molecule has 0 amide bonds. The van der Waals surface area contributed by atoms with Crippen LogP contribution in [0.2, 0.25) is 0 Å². The molecule has 2 N–H and O–H groups in total. The van der Waals surface area contributed by atoms with E-state index >= 15 is 0 Å². The molecule has 5 nitrogen and oxygen atoms in total. The number of carbonyl (C=O) groups excluding carboxylic acids is 1. The maximum atomic E-state index is 12.5. The second-order valence-corrected chi connectivity index (χ2v) is 4.79. The molecular formula is C18H16O5. The van der Waals surface area contributed by atoms with Gasteiger partial charge >= 0.3 is 5.97 Å². The molecular weight excluding hydrogens is 296 g/mol. The summed E-state index contributed by atoms with van der Waals surface area (Å²) in [6.45, 7) is -0.672. The highest BCUT2D eigenvalue weighted by molar-refractivity contribution is 6.09. The number of Topliss-reactive ketones (excluding diaryl/α,β-unsaturated/α-hetero) is 1. The molecule has 0 heterocycles. The van der Waals surface area contributed by atoms with Gasteiger partial charge in [-0.05, 0) is 17.2 Å². The Balaban J connectivity index is 2.30. The van der Waals surface area contributed by atoms with E-state index in [1.807, 2.05) is 0 Å². The SMILES string of the molecule is O=C(O)COC(=Cc1ccc(CO)cc1)C(=O)c1ccccc1. The van der Waals surface area contributed by atoms with Crippen LogP contribution in [-0.2, 0) is 16.1 Å². The van der Waals surface area contributed by atoms with E-state index in [0.717, 1.165) is 5.56 Å². The summed E-state index contributed by atoms with van der Waals surface area (Å²) in [5.41, 5.74) is 1.83. The van der Waals surface area contributed by atoms with Gasteiger partial charge in [0, 0.05) is 5.56 Å². The van der Waals surface area contributed by atoms with E-state index in [2.05, 4.69) is 0 Å². The molecule has 0 atom stereocenters. The summed E-state index contributed by atoms with van der Waals surface area (Å²) in [5, 5.41) is 17.8. The van der Waals surface area contributed by atoms with Crippen molar-refractivity contribution < 1.29 is 24.5 Å². The smallest absolute Gasteiger partial charge is 0.341 e. The highest BCUT2D eigenvalue weighted by atomic mass is 16.5. The number of carboxylic acid groups (broad SMARTS) is 1. The maximum absolute atomic E-state index is 12.5. The van der Waals surface area contributed by atoms with Crippen LogP contribution in [0.25, 0.3) is 6.08 Å². The first-order valence-electron chi connectivity index (χ1n) is 6.96. The standard InChI is InChI=1S/C18H16O5/c19-11-14-8-6-13(7-9-14)10-16(23-12-17(20)21)18(22)15-4-2-1-3-5-15/h1-10,19H,11-12H2,(H,20,21). The van der Waals surface area contributed by atoms with Crippen LogP contribution in [0.3, 0.4) is 0 Å². The zero-order valence-corrected chi connectivity index (χ0v) is 12.3. The van der Waals surface area contributed by atoms with Crippen LogP contribution in [0.5, 0.6) is 0 Å². The normalized spacial score (nSPS) is 11.1. The molecule has 23 heavy (non-hydrogen) atoms. The Morgan fingerprint density at radius 3 is 2.22 bits per heavy atom. The van der Waals surface area contributed by atoms with Crippen molar-refractivity contribution in [1.82, 2.24) is 0 Å². The van der Waals surface area contributed by atoms with Crippen molar-refractivity contribution in [3.8, 4) is 0 Å². The average Bonchev–Trinajstić information content (AvgIpc) is 2.59. The molecule has 0 aliphatic heterocycles. The van der Waals surface area contributed by atoms with Crippen LogP contribution in [0.4, 0.5) is 0 Å². The van der Waals surface area contributed by atoms with Crippen LogP contribution in [0.1, 0.15) is 21.5 Å². The number of aliphatic hydroxyl groups is 1. The van der Waals surface area contributed by atoms with E-state index < -0.39 is 18.4 Å². The molecule has 0 spiro atoms. The number of ether oxygens (including phenoxy) is 1. The fourth-order valence-corrected chi connectivity index (χ4v) is 1.91. The largest absolute Gasteiger partial charge is 0.479 e. The second-order valence-electron chi connectivity index (χ2n) is 4.79. The molecule has 0 saturated heterocycles. The van der Waals surface area contributed by atoms with Gasteiger partial charge in [-0.25, -0.2) is 4.79 Å². The topological polar surface area (TPSA) is 83.8 Å². The lowest BCUT2D eigenvalue weighted by Gasteiger charge is -2.08. The third-order valence-electron chi connectivity index (χ3n) is 3.07. The Labute approximate surface area is 133 Å². The quantitative estimate of drug-likeness (QED) is 0.466. The van der Waals surface area contributed by atoms with Crippen LogP contribution in [0.15, 0.2) is 60.4 Å². The van der Waals surface area contributed by atoms with Crippen molar-refractivity contribution in [2.24, 2.45) is 0 Å². The number of hydrogen-bond donors (Lipinski definition) is 2. The molecule has 0 saturated carbocycles. The molecule has 0 radical (unpaired) electrons. The number of allylic oxidation sites excluding steroid dienone is 1. The number of ketones is 1. The zero-order valence-electron chi connectivity index (χ0n) is 12.3. The van der Waals surface area contributed by atoms with Gasteiger partial charge in [0.2, 0.25) is 5.78 Å². The number of carboxylic acids is 1. The third-order valence-corrected chi connectivity index (χ3v) is 3.07. The van der Waals surface area contributed by atoms with Crippen LogP contribution in [0, 0.1) is 0 Å².